The first-order valence-electron chi connectivity index (χ1n) is 7.40. The highest BCUT2D eigenvalue weighted by molar-refractivity contribution is 5.75. The Hall–Kier alpha value is -0.610. The average molecular weight is 268 g/mol. The molecule has 0 aromatic rings. The molecule has 3 aliphatic rings. The Morgan fingerprint density at radius 2 is 1.95 bits per heavy atom. The Morgan fingerprint density at radius 1 is 1.26 bits per heavy atom. The van der Waals surface area contributed by atoms with Crippen LogP contribution in [0.3, 0.4) is 0 Å². The molecule has 3 rings (SSSR count). The van der Waals surface area contributed by atoms with Crippen molar-refractivity contribution >= 4 is 5.97 Å². The summed E-state index contributed by atoms with van der Waals surface area (Å²) < 4.78 is 5.46. The lowest BCUT2D eigenvalue weighted by atomic mass is 9.50. The molecule has 0 radical (unpaired) electrons. The Labute approximate surface area is 114 Å². The summed E-state index contributed by atoms with van der Waals surface area (Å²) in [4.78, 5) is 11.8. The fraction of sp³-hybridized carbons (Fsp3) is 0.933. The van der Waals surface area contributed by atoms with E-state index in [-0.39, 0.29) is 29.8 Å². The van der Waals surface area contributed by atoms with Gasteiger partial charge < -0.3 is 14.9 Å². The van der Waals surface area contributed by atoms with Crippen molar-refractivity contribution in [2.75, 3.05) is 0 Å². The Balaban J connectivity index is 1.98. The van der Waals surface area contributed by atoms with Crippen LogP contribution in [-0.4, -0.2) is 34.0 Å². The average Bonchev–Trinajstić information content (AvgIpc) is 2.61. The summed E-state index contributed by atoms with van der Waals surface area (Å²) in [6.07, 6.45) is 2.07. The highest BCUT2D eigenvalue weighted by atomic mass is 16.6. The summed E-state index contributed by atoms with van der Waals surface area (Å²) in [7, 11) is 0. The van der Waals surface area contributed by atoms with Gasteiger partial charge in [-0.05, 0) is 31.6 Å². The van der Waals surface area contributed by atoms with Crippen molar-refractivity contribution in [2.45, 2.75) is 64.3 Å². The number of hydrogen-bond acceptors (Lipinski definition) is 4. The van der Waals surface area contributed by atoms with Crippen LogP contribution in [0, 0.1) is 23.2 Å². The molecular weight excluding hydrogens is 244 g/mol. The van der Waals surface area contributed by atoms with Crippen molar-refractivity contribution < 1.29 is 19.7 Å². The third kappa shape index (κ3) is 1.56. The minimum atomic E-state index is -0.881. The Morgan fingerprint density at radius 3 is 2.63 bits per heavy atom. The molecule has 2 aliphatic carbocycles. The van der Waals surface area contributed by atoms with Gasteiger partial charge in [0.1, 0.15) is 6.10 Å². The summed E-state index contributed by atoms with van der Waals surface area (Å²) in [6.45, 7) is 5.91. The summed E-state index contributed by atoms with van der Waals surface area (Å²) in [5.74, 6) is -0.0316. The van der Waals surface area contributed by atoms with Crippen molar-refractivity contribution in [1.82, 2.24) is 0 Å². The van der Waals surface area contributed by atoms with E-state index in [1.165, 1.54) is 0 Å². The van der Waals surface area contributed by atoms with E-state index in [4.69, 9.17) is 4.74 Å². The van der Waals surface area contributed by atoms with E-state index in [1.54, 1.807) is 0 Å². The second-order valence-corrected chi connectivity index (χ2v) is 7.17. The van der Waals surface area contributed by atoms with Crippen molar-refractivity contribution in [3.8, 4) is 0 Å². The van der Waals surface area contributed by atoms with E-state index in [0.717, 1.165) is 12.8 Å². The van der Waals surface area contributed by atoms with Crippen molar-refractivity contribution in [1.29, 1.82) is 0 Å². The van der Waals surface area contributed by atoms with Gasteiger partial charge in [-0.3, -0.25) is 4.79 Å². The number of aliphatic hydroxyl groups excluding tert-OH is 1. The highest BCUT2D eigenvalue weighted by Gasteiger charge is 2.64. The molecule has 4 nitrogen and oxygen atoms in total. The van der Waals surface area contributed by atoms with Crippen molar-refractivity contribution in [3.05, 3.63) is 0 Å². The third-order valence-electron chi connectivity index (χ3n) is 6.34. The van der Waals surface area contributed by atoms with Gasteiger partial charge in [0.2, 0.25) is 0 Å². The van der Waals surface area contributed by atoms with E-state index < -0.39 is 17.1 Å². The van der Waals surface area contributed by atoms with Crippen LogP contribution in [0.25, 0.3) is 0 Å². The number of aliphatic hydroxyl groups is 2. The van der Waals surface area contributed by atoms with Gasteiger partial charge >= 0.3 is 5.97 Å². The van der Waals surface area contributed by atoms with Crippen LogP contribution >= 0.6 is 0 Å². The topological polar surface area (TPSA) is 66.8 Å². The van der Waals surface area contributed by atoms with Gasteiger partial charge in [0.15, 0.2) is 0 Å². The van der Waals surface area contributed by atoms with Gasteiger partial charge in [-0.2, -0.15) is 0 Å². The fourth-order valence-electron chi connectivity index (χ4n) is 4.68. The van der Waals surface area contributed by atoms with E-state index in [2.05, 4.69) is 6.92 Å². The van der Waals surface area contributed by atoms with E-state index in [0.29, 0.717) is 12.8 Å². The standard InChI is InChI=1S/C15H24O4/c1-8-4-5-12(16)14(3)7-11-10(6-15(8,14)18)9(2)13(17)19-11/h8-12,16,18H,4-7H2,1-3H3/t8-,9-,10+,11+,12+,14-,15+/m0/s1. The molecule has 19 heavy (non-hydrogen) atoms. The van der Waals surface area contributed by atoms with Gasteiger partial charge in [0, 0.05) is 11.3 Å². The maximum atomic E-state index is 11.8. The molecule has 0 bridgehead atoms. The summed E-state index contributed by atoms with van der Waals surface area (Å²) in [6, 6.07) is 0. The Bertz CT molecular complexity index is 409. The van der Waals surface area contributed by atoms with Crippen LogP contribution in [0.5, 0.6) is 0 Å². The van der Waals surface area contributed by atoms with Gasteiger partial charge in [-0.1, -0.05) is 20.8 Å². The molecule has 1 aliphatic heterocycles. The maximum absolute atomic E-state index is 11.8. The van der Waals surface area contributed by atoms with E-state index >= 15 is 0 Å². The fourth-order valence-corrected chi connectivity index (χ4v) is 4.68. The van der Waals surface area contributed by atoms with Crippen LogP contribution in [0.15, 0.2) is 0 Å². The zero-order chi connectivity index (χ0) is 14.0. The second kappa shape index (κ2) is 3.95. The normalized spacial score (nSPS) is 57.3. The summed E-state index contributed by atoms with van der Waals surface area (Å²) in [5, 5.41) is 21.6. The first kappa shape index (κ1) is 13.4. The first-order chi connectivity index (χ1) is 8.79. The molecule has 0 aromatic carbocycles. The molecular formula is C15H24O4. The van der Waals surface area contributed by atoms with Gasteiger partial charge in [-0.25, -0.2) is 0 Å². The number of hydrogen-bond donors (Lipinski definition) is 2. The lowest BCUT2D eigenvalue weighted by Gasteiger charge is -2.59. The minimum absolute atomic E-state index is 0.0957. The predicted molar refractivity (Wildman–Crippen MR) is 69.2 cm³/mol. The molecule has 0 amide bonds. The number of rotatable bonds is 0. The van der Waals surface area contributed by atoms with Crippen LogP contribution < -0.4 is 0 Å². The first-order valence-corrected chi connectivity index (χ1v) is 7.40. The largest absolute Gasteiger partial charge is 0.462 e. The molecule has 0 aromatic heterocycles. The third-order valence-corrected chi connectivity index (χ3v) is 6.34. The minimum Gasteiger partial charge on any atom is -0.462 e. The molecule has 2 N–H and O–H groups in total. The SMILES string of the molecule is C[C@@H]1C(=O)O[C@@H]2C[C@@]3(C)[C@H](O)CC[C@H](C)[C@]3(O)C[C@H]12. The Kier molecular flexibility index (Phi) is 2.78. The molecule has 4 heteroatoms. The molecule has 0 unspecified atom stereocenters. The zero-order valence-corrected chi connectivity index (χ0v) is 11.9. The van der Waals surface area contributed by atoms with Gasteiger partial charge in [0.25, 0.3) is 0 Å². The number of carbonyl (C=O) groups is 1. The zero-order valence-electron chi connectivity index (χ0n) is 11.9. The monoisotopic (exact) mass is 268 g/mol. The van der Waals surface area contributed by atoms with Crippen molar-refractivity contribution in [3.63, 3.8) is 0 Å². The molecule has 3 fully saturated rings. The molecule has 2 saturated carbocycles. The lowest BCUT2D eigenvalue weighted by Crippen LogP contribution is -2.65. The molecule has 7 atom stereocenters. The lowest BCUT2D eigenvalue weighted by molar-refractivity contribution is -0.235. The van der Waals surface area contributed by atoms with Crippen molar-refractivity contribution in [2.24, 2.45) is 23.2 Å². The summed E-state index contributed by atoms with van der Waals surface area (Å²) >= 11 is 0. The van der Waals surface area contributed by atoms with Crippen LogP contribution in [-0.2, 0) is 9.53 Å². The molecule has 1 saturated heterocycles. The van der Waals surface area contributed by atoms with Crippen LogP contribution in [0.2, 0.25) is 0 Å². The molecule has 108 valence electrons. The van der Waals surface area contributed by atoms with Gasteiger partial charge in [-0.15, -0.1) is 0 Å². The van der Waals surface area contributed by atoms with Crippen LogP contribution in [0.4, 0.5) is 0 Å². The highest BCUT2D eigenvalue weighted by Crippen LogP contribution is 2.59. The summed E-state index contributed by atoms with van der Waals surface area (Å²) in [5.41, 5.74) is -1.44. The maximum Gasteiger partial charge on any atom is 0.309 e. The van der Waals surface area contributed by atoms with E-state index in [9.17, 15) is 15.0 Å². The number of fused-ring (bicyclic) bond motifs is 2. The number of esters is 1. The molecule has 1 heterocycles. The quantitative estimate of drug-likeness (QED) is 0.653. The number of ether oxygens (including phenoxy) is 1. The second-order valence-electron chi connectivity index (χ2n) is 7.17. The smallest absolute Gasteiger partial charge is 0.309 e. The number of carbonyl (C=O) groups excluding carboxylic acids is 1. The van der Waals surface area contributed by atoms with E-state index in [1.807, 2.05) is 13.8 Å². The van der Waals surface area contributed by atoms with Gasteiger partial charge in [0.05, 0.1) is 17.6 Å². The molecule has 0 spiro atoms. The van der Waals surface area contributed by atoms with Crippen LogP contribution in [0.1, 0.15) is 46.5 Å². The predicted octanol–water partition coefficient (Wildman–Crippen LogP) is 1.49.